The van der Waals surface area contributed by atoms with Gasteiger partial charge in [0.05, 0.1) is 36.3 Å². The zero-order chi connectivity index (χ0) is 25.8. The van der Waals surface area contributed by atoms with Gasteiger partial charge in [-0.1, -0.05) is 47.6 Å². The number of aliphatic imine (C=N–C) groups is 1. The predicted octanol–water partition coefficient (Wildman–Crippen LogP) is 6.21. The largest absolute Gasteiger partial charge is 0.506 e. The molecule has 1 aliphatic rings. The zero-order valence-electron chi connectivity index (χ0n) is 19.7. The third-order valence-electron chi connectivity index (χ3n) is 5.40. The molecule has 9 heteroatoms. The van der Waals surface area contributed by atoms with Crippen LogP contribution in [-0.4, -0.2) is 42.9 Å². The Morgan fingerprint density at radius 2 is 1.83 bits per heavy atom. The van der Waals surface area contributed by atoms with Gasteiger partial charge < -0.3 is 19.3 Å². The molecule has 1 amide bonds. The van der Waals surface area contributed by atoms with Gasteiger partial charge in [-0.15, -0.1) is 0 Å². The van der Waals surface area contributed by atoms with Crippen molar-refractivity contribution in [3.8, 4) is 11.5 Å². The number of carbonyl (C=O) groups is 2. The van der Waals surface area contributed by atoms with E-state index in [4.69, 9.17) is 25.8 Å². The van der Waals surface area contributed by atoms with Gasteiger partial charge in [0.1, 0.15) is 27.9 Å². The quantitative estimate of drug-likeness (QED) is 0.384. The van der Waals surface area contributed by atoms with E-state index >= 15 is 0 Å². The lowest BCUT2D eigenvalue weighted by Gasteiger charge is -2.11. The molecule has 0 aliphatic carbocycles. The van der Waals surface area contributed by atoms with E-state index in [1.807, 2.05) is 30.3 Å². The number of amides is 1. The zero-order valence-corrected chi connectivity index (χ0v) is 21.3. The second-order valence-corrected chi connectivity index (χ2v) is 8.96. The van der Waals surface area contributed by atoms with Crippen molar-refractivity contribution in [1.29, 1.82) is 0 Å². The number of esters is 1. The number of carbonyl (C=O) groups excluding carboxylic acids is 2. The van der Waals surface area contributed by atoms with Crippen LogP contribution in [0.4, 0.5) is 0 Å². The van der Waals surface area contributed by atoms with Gasteiger partial charge in [0.25, 0.3) is 5.91 Å². The summed E-state index contributed by atoms with van der Waals surface area (Å²) in [6.07, 6.45) is 1.68. The molecule has 1 N–H and O–H groups in total. The van der Waals surface area contributed by atoms with E-state index in [0.717, 1.165) is 22.5 Å². The van der Waals surface area contributed by atoms with Crippen LogP contribution >= 0.6 is 23.4 Å². The first-order valence-corrected chi connectivity index (χ1v) is 12.1. The summed E-state index contributed by atoms with van der Waals surface area (Å²) in [5.41, 5.74) is 0.644. The number of hydrogen-bond acceptors (Lipinski definition) is 7. The normalized spacial score (nSPS) is 15.6. The highest BCUT2D eigenvalue weighted by molar-refractivity contribution is 8.18. The summed E-state index contributed by atoms with van der Waals surface area (Å²) in [7, 11) is 3.12. The molecule has 1 heterocycles. The molecule has 4 rings (SSSR count). The number of thioether (sulfide) groups is 1. The van der Waals surface area contributed by atoms with Crippen molar-refractivity contribution in [2.75, 3.05) is 20.8 Å². The number of aliphatic hydroxyl groups excluding tert-OH is 1. The second-order valence-electron chi connectivity index (χ2n) is 7.53. The Bertz CT molecular complexity index is 1450. The monoisotopic (exact) mass is 523 g/mol. The molecule has 0 saturated heterocycles. The number of benzene rings is 3. The maximum absolute atomic E-state index is 12.9. The van der Waals surface area contributed by atoms with Gasteiger partial charge in [-0.2, -0.15) is 0 Å². The molecule has 0 fully saturated rings. The number of aliphatic hydroxyl groups is 1. The molecule has 1 aliphatic heterocycles. The minimum Gasteiger partial charge on any atom is -0.506 e. The van der Waals surface area contributed by atoms with E-state index in [1.165, 1.54) is 6.07 Å². The highest BCUT2D eigenvalue weighted by atomic mass is 35.5. The van der Waals surface area contributed by atoms with Gasteiger partial charge in [0.15, 0.2) is 0 Å². The Labute approximate surface area is 217 Å². The van der Waals surface area contributed by atoms with Crippen molar-refractivity contribution in [2.45, 2.75) is 6.92 Å². The first kappa shape index (κ1) is 25.3. The van der Waals surface area contributed by atoms with E-state index in [2.05, 4.69) is 4.99 Å². The van der Waals surface area contributed by atoms with E-state index in [0.29, 0.717) is 22.0 Å². The third kappa shape index (κ3) is 4.96. The van der Waals surface area contributed by atoms with Crippen LogP contribution in [0.25, 0.3) is 16.8 Å². The molecular weight excluding hydrogens is 502 g/mol. The second kappa shape index (κ2) is 10.9. The van der Waals surface area contributed by atoms with Gasteiger partial charge in [-0.3, -0.25) is 4.79 Å². The number of ether oxygens (including phenoxy) is 3. The molecule has 0 spiro atoms. The summed E-state index contributed by atoms with van der Waals surface area (Å²) in [6, 6.07) is 15.8. The average Bonchev–Trinajstić information content (AvgIpc) is 3.18. The van der Waals surface area contributed by atoms with Gasteiger partial charge in [-0.25, -0.2) is 9.79 Å². The number of nitrogens with zero attached hydrogens (tertiary/aromatic N) is 1. The fourth-order valence-electron chi connectivity index (χ4n) is 3.67. The van der Waals surface area contributed by atoms with Gasteiger partial charge in [0, 0.05) is 5.56 Å². The van der Waals surface area contributed by atoms with Gasteiger partial charge >= 0.3 is 5.97 Å². The molecule has 3 aromatic rings. The van der Waals surface area contributed by atoms with Gasteiger partial charge in [-0.05, 0) is 54.1 Å². The maximum atomic E-state index is 12.9. The van der Waals surface area contributed by atoms with Crippen LogP contribution in [0, 0.1) is 0 Å². The lowest BCUT2D eigenvalue weighted by atomic mass is 10.0. The number of fused-ring (bicyclic) bond motifs is 1. The summed E-state index contributed by atoms with van der Waals surface area (Å²) in [5, 5.41) is 13.0. The summed E-state index contributed by atoms with van der Waals surface area (Å²) in [6.45, 7) is 1.73. The minimum atomic E-state index is -0.789. The molecule has 0 unspecified atom stereocenters. The van der Waals surface area contributed by atoms with Crippen molar-refractivity contribution < 1.29 is 28.9 Å². The Kier molecular flexibility index (Phi) is 7.67. The van der Waals surface area contributed by atoms with Crippen molar-refractivity contribution in [3.63, 3.8) is 0 Å². The van der Waals surface area contributed by atoms with Crippen molar-refractivity contribution in [2.24, 2.45) is 4.99 Å². The first-order valence-electron chi connectivity index (χ1n) is 10.9. The molecule has 3 aromatic carbocycles. The molecule has 7 nitrogen and oxygen atoms in total. The van der Waals surface area contributed by atoms with E-state index < -0.39 is 11.9 Å². The summed E-state index contributed by atoms with van der Waals surface area (Å²) in [5.74, 6) is -0.582. The lowest BCUT2D eigenvalue weighted by Crippen LogP contribution is -2.14. The van der Waals surface area contributed by atoms with Crippen molar-refractivity contribution >= 4 is 57.1 Å². The number of hydrogen-bond donors (Lipinski definition) is 1. The Morgan fingerprint density at radius 3 is 2.53 bits per heavy atom. The van der Waals surface area contributed by atoms with Crippen LogP contribution in [0.1, 0.15) is 22.8 Å². The number of halogens is 1. The summed E-state index contributed by atoms with van der Waals surface area (Å²) >= 11 is 7.12. The molecule has 184 valence electrons. The van der Waals surface area contributed by atoms with Crippen LogP contribution in [0.15, 0.2) is 75.8 Å². The molecular formula is C27H22ClNO6S. The Morgan fingerprint density at radius 1 is 1.08 bits per heavy atom. The van der Waals surface area contributed by atoms with E-state index in [9.17, 15) is 14.7 Å². The van der Waals surface area contributed by atoms with Crippen LogP contribution in [0.2, 0.25) is 5.02 Å². The maximum Gasteiger partial charge on any atom is 0.344 e. The van der Waals surface area contributed by atoms with E-state index in [-0.39, 0.29) is 33.6 Å². The molecule has 0 atom stereocenters. The highest BCUT2D eigenvalue weighted by Gasteiger charge is 2.34. The van der Waals surface area contributed by atoms with Crippen LogP contribution in [0.3, 0.4) is 0 Å². The predicted molar refractivity (Wildman–Crippen MR) is 142 cm³/mol. The minimum absolute atomic E-state index is 0.0129. The molecule has 36 heavy (non-hydrogen) atoms. The fourth-order valence-corrected chi connectivity index (χ4v) is 4.88. The molecule has 0 bridgehead atoms. The van der Waals surface area contributed by atoms with Crippen molar-refractivity contribution in [3.05, 3.63) is 87.0 Å². The molecule has 0 aromatic heterocycles. The first-order chi connectivity index (χ1) is 17.4. The van der Waals surface area contributed by atoms with E-state index in [1.54, 1.807) is 45.4 Å². The van der Waals surface area contributed by atoms with Gasteiger partial charge in [0.2, 0.25) is 0 Å². The van der Waals surface area contributed by atoms with Crippen LogP contribution in [-0.2, 0) is 9.53 Å². The average molecular weight is 524 g/mol. The van der Waals surface area contributed by atoms with Crippen molar-refractivity contribution in [1.82, 2.24) is 0 Å². The summed E-state index contributed by atoms with van der Waals surface area (Å²) in [4.78, 5) is 30.0. The number of methoxy groups -OCH3 is 2. The highest BCUT2D eigenvalue weighted by Crippen LogP contribution is 2.42. The number of rotatable bonds is 6. The Balaban J connectivity index is 1.86. The molecule has 0 saturated carbocycles. The fraction of sp³-hybridized carbons (Fsp3) is 0.148. The molecule has 0 radical (unpaired) electrons. The summed E-state index contributed by atoms with van der Waals surface area (Å²) < 4.78 is 16.1. The standard InChI is InChI=1S/C27H22ClNO6S/c1-4-35-27(32)23-24(30)22(36-26(23)29-25(31)17-7-5-6-8-20(17)28)14-19-18-13-16(33-2)11-9-15(18)10-12-21(19)34-3/h5-14,30H,4H2,1-3H3/b22-14-,29-26?. The lowest BCUT2D eigenvalue weighted by molar-refractivity contribution is -0.138. The Hall–Kier alpha value is -3.75. The SMILES string of the molecule is CCOC(=O)C1=C(O)/C(=C/c2c(OC)ccc3ccc(OC)cc23)SC1=NC(=O)c1ccccc1Cl. The van der Waals surface area contributed by atoms with Crippen LogP contribution < -0.4 is 9.47 Å². The smallest absolute Gasteiger partial charge is 0.344 e. The van der Waals surface area contributed by atoms with Crippen LogP contribution in [0.5, 0.6) is 11.5 Å². The topological polar surface area (TPSA) is 94.4 Å². The third-order valence-corrected chi connectivity index (χ3v) is 6.75.